The molecule has 0 aromatic carbocycles. The zero-order valence-corrected chi connectivity index (χ0v) is 16.0. The number of aliphatic hydroxyl groups is 2. The summed E-state index contributed by atoms with van der Waals surface area (Å²) >= 11 is 0. The van der Waals surface area contributed by atoms with Crippen molar-refractivity contribution >= 4 is 18.3 Å². The summed E-state index contributed by atoms with van der Waals surface area (Å²) in [4.78, 5) is 39.0. The molecule has 29 heavy (non-hydrogen) atoms. The van der Waals surface area contributed by atoms with Crippen LogP contribution in [-0.2, 0) is 14.3 Å². The fourth-order valence-corrected chi connectivity index (χ4v) is 3.52. The molecule has 1 aromatic heterocycles. The van der Waals surface area contributed by atoms with E-state index in [1.54, 1.807) is 29.4 Å². The minimum absolute atomic E-state index is 0.0445. The number of likely N-dealkylation sites (tertiary alicyclic amines) is 1. The van der Waals surface area contributed by atoms with Crippen LogP contribution in [0.15, 0.2) is 24.5 Å². The summed E-state index contributed by atoms with van der Waals surface area (Å²) in [6.45, 7) is 0.916. The maximum Gasteiger partial charge on any atom is 0.290 e. The number of carbonyl (C=O) groups is 3. The number of hydrogen-bond acceptors (Lipinski definition) is 7. The van der Waals surface area contributed by atoms with Gasteiger partial charge in [-0.25, -0.2) is 0 Å². The van der Waals surface area contributed by atoms with Gasteiger partial charge in [0.15, 0.2) is 0 Å². The molecule has 1 aromatic rings. The first kappa shape index (κ1) is 22.7. The van der Waals surface area contributed by atoms with E-state index in [0.717, 1.165) is 0 Å². The zero-order valence-electron chi connectivity index (χ0n) is 16.0. The lowest BCUT2D eigenvalue weighted by molar-refractivity contribution is -0.135. The highest BCUT2D eigenvalue weighted by molar-refractivity contribution is 5.94. The van der Waals surface area contributed by atoms with E-state index in [9.17, 15) is 19.8 Å². The van der Waals surface area contributed by atoms with Crippen LogP contribution in [0.2, 0.25) is 0 Å². The second-order valence-electron chi connectivity index (χ2n) is 6.89. The number of ether oxygens (including phenoxy) is 1. The van der Waals surface area contributed by atoms with Gasteiger partial charge >= 0.3 is 0 Å². The number of aromatic nitrogens is 1. The molecule has 2 aliphatic heterocycles. The molecule has 3 atom stereocenters. The van der Waals surface area contributed by atoms with E-state index in [1.165, 1.54) is 0 Å². The van der Waals surface area contributed by atoms with Crippen LogP contribution in [0, 0.1) is 5.92 Å². The van der Waals surface area contributed by atoms with E-state index in [4.69, 9.17) is 14.6 Å². The summed E-state index contributed by atoms with van der Waals surface area (Å²) in [7, 11) is 0. The van der Waals surface area contributed by atoms with Crippen LogP contribution in [-0.4, -0.2) is 88.0 Å². The Morgan fingerprint density at radius 1 is 1.24 bits per heavy atom. The molecule has 2 amide bonds. The smallest absolute Gasteiger partial charge is 0.290 e. The van der Waals surface area contributed by atoms with E-state index in [2.05, 4.69) is 10.3 Å². The average molecular weight is 409 g/mol. The van der Waals surface area contributed by atoms with Gasteiger partial charge in [0, 0.05) is 43.6 Å². The summed E-state index contributed by atoms with van der Waals surface area (Å²) in [5, 5.41) is 29.1. The van der Waals surface area contributed by atoms with Crippen molar-refractivity contribution in [1.82, 2.24) is 15.2 Å². The van der Waals surface area contributed by atoms with Crippen molar-refractivity contribution in [2.24, 2.45) is 5.92 Å². The van der Waals surface area contributed by atoms with Gasteiger partial charge in [-0.3, -0.25) is 19.4 Å². The number of amides is 2. The number of piperidine rings is 1. The predicted octanol–water partition coefficient (Wildman–Crippen LogP) is -0.738. The lowest BCUT2D eigenvalue weighted by Gasteiger charge is -2.36. The molecule has 160 valence electrons. The monoisotopic (exact) mass is 409 g/mol. The molecule has 10 heteroatoms. The molecule has 0 spiro atoms. The highest BCUT2D eigenvalue weighted by Gasteiger charge is 2.35. The summed E-state index contributed by atoms with van der Waals surface area (Å²) in [5.41, 5.74) is 0.600. The minimum Gasteiger partial charge on any atom is -0.483 e. The van der Waals surface area contributed by atoms with Crippen LogP contribution in [0.3, 0.4) is 0 Å². The Hall–Kier alpha value is -2.56. The number of carbonyl (C=O) groups excluding carboxylic acids is 2. The Morgan fingerprint density at radius 2 is 1.86 bits per heavy atom. The van der Waals surface area contributed by atoms with E-state index in [-0.39, 0.29) is 30.8 Å². The van der Waals surface area contributed by atoms with Crippen LogP contribution >= 0.6 is 0 Å². The van der Waals surface area contributed by atoms with E-state index >= 15 is 0 Å². The van der Waals surface area contributed by atoms with Crippen molar-refractivity contribution in [2.45, 2.75) is 37.5 Å². The molecule has 2 fully saturated rings. The van der Waals surface area contributed by atoms with Gasteiger partial charge in [0.05, 0.1) is 12.6 Å². The van der Waals surface area contributed by atoms with E-state index < -0.39 is 18.2 Å². The molecule has 3 heterocycles. The molecule has 0 unspecified atom stereocenters. The quantitative estimate of drug-likeness (QED) is 0.475. The number of hydrogen-bond donors (Lipinski definition) is 4. The average Bonchev–Trinajstić information content (AvgIpc) is 2.76. The fourth-order valence-electron chi connectivity index (χ4n) is 3.52. The largest absolute Gasteiger partial charge is 0.483 e. The Bertz CT molecular complexity index is 665. The van der Waals surface area contributed by atoms with Gasteiger partial charge < -0.3 is 30.3 Å². The minimum atomic E-state index is -0.911. The molecule has 0 bridgehead atoms. The first-order valence-electron chi connectivity index (χ1n) is 9.49. The van der Waals surface area contributed by atoms with Gasteiger partial charge in [0.25, 0.3) is 12.4 Å². The molecule has 10 nitrogen and oxygen atoms in total. The molecule has 3 rings (SSSR count). The molecular weight excluding hydrogens is 382 g/mol. The van der Waals surface area contributed by atoms with Crippen molar-refractivity contribution in [3.63, 3.8) is 0 Å². The van der Waals surface area contributed by atoms with Crippen LogP contribution in [0.4, 0.5) is 0 Å². The maximum absolute atomic E-state index is 12.5. The van der Waals surface area contributed by atoms with Gasteiger partial charge in [-0.2, -0.15) is 0 Å². The van der Waals surface area contributed by atoms with Gasteiger partial charge in [0.1, 0.15) is 12.2 Å². The number of nitrogens with one attached hydrogen (secondary N) is 1. The van der Waals surface area contributed by atoms with Crippen molar-refractivity contribution < 1.29 is 34.4 Å². The van der Waals surface area contributed by atoms with Crippen molar-refractivity contribution in [3.8, 4) is 0 Å². The molecule has 2 aliphatic rings. The van der Waals surface area contributed by atoms with Gasteiger partial charge in [-0.1, -0.05) is 0 Å². The zero-order chi connectivity index (χ0) is 21.2. The van der Waals surface area contributed by atoms with Crippen LogP contribution in [0.5, 0.6) is 0 Å². The highest BCUT2D eigenvalue weighted by Crippen LogP contribution is 2.21. The third-order valence-corrected chi connectivity index (χ3v) is 5.14. The second kappa shape index (κ2) is 11.4. The standard InChI is InChI=1S/C18H25N3O5.CH2O2/c22-11-15-16(23)14(5-10-26-15)20-17(24)12-3-8-21(9-4-12)18(25)13-1-6-19-7-2-13;2-1-3/h1-2,6-7,12,14-16,22-23H,3-5,8-11H2,(H,20,24);1H,(H,2,3)/t14-,15+,16-;/m0./s1. The lowest BCUT2D eigenvalue weighted by atomic mass is 9.93. The number of aliphatic hydroxyl groups excluding tert-OH is 2. The van der Waals surface area contributed by atoms with Gasteiger partial charge in [-0.05, 0) is 31.4 Å². The summed E-state index contributed by atoms with van der Waals surface area (Å²) in [6.07, 6.45) is 3.30. The van der Waals surface area contributed by atoms with Crippen molar-refractivity contribution in [2.75, 3.05) is 26.3 Å². The Morgan fingerprint density at radius 3 is 2.45 bits per heavy atom. The molecule has 0 radical (unpaired) electrons. The molecule has 2 saturated heterocycles. The first-order valence-corrected chi connectivity index (χ1v) is 9.49. The van der Waals surface area contributed by atoms with Crippen LogP contribution in [0.1, 0.15) is 29.6 Å². The van der Waals surface area contributed by atoms with Gasteiger partial charge in [-0.15, -0.1) is 0 Å². The predicted molar refractivity (Wildman–Crippen MR) is 101 cm³/mol. The van der Waals surface area contributed by atoms with Gasteiger partial charge in [0.2, 0.25) is 5.91 Å². The molecular formula is C19H27N3O7. The van der Waals surface area contributed by atoms with Crippen molar-refractivity contribution in [3.05, 3.63) is 30.1 Å². The number of carboxylic acid groups (broad SMARTS) is 1. The molecule has 0 aliphatic carbocycles. The normalized spacial score (nSPS) is 24.8. The van der Waals surface area contributed by atoms with Crippen LogP contribution < -0.4 is 5.32 Å². The maximum atomic E-state index is 12.5. The Labute approximate surface area is 168 Å². The lowest BCUT2D eigenvalue weighted by Crippen LogP contribution is -2.55. The summed E-state index contributed by atoms with van der Waals surface area (Å²) in [5.74, 6) is -0.334. The number of nitrogens with zero attached hydrogens (tertiary/aromatic N) is 2. The number of pyridine rings is 1. The third kappa shape index (κ3) is 6.21. The second-order valence-corrected chi connectivity index (χ2v) is 6.89. The topological polar surface area (TPSA) is 149 Å². The van der Waals surface area contributed by atoms with E-state index in [0.29, 0.717) is 44.5 Å². The molecule has 4 N–H and O–H groups in total. The first-order chi connectivity index (χ1) is 14.0. The fraction of sp³-hybridized carbons (Fsp3) is 0.579. The van der Waals surface area contributed by atoms with E-state index in [1.807, 2.05) is 0 Å². The number of rotatable bonds is 4. The van der Waals surface area contributed by atoms with Crippen molar-refractivity contribution in [1.29, 1.82) is 0 Å². The third-order valence-electron chi connectivity index (χ3n) is 5.14. The highest BCUT2D eigenvalue weighted by atomic mass is 16.5. The Balaban J connectivity index is 0.000000941. The molecule has 0 saturated carbocycles. The Kier molecular flexibility index (Phi) is 8.97. The van der Waals surface area contributed by atoms with Crippen LogP contribution in [0.25, 0.3) is 0 Å². The summed E-state index contributed by atoms with van der Waals surface area (Å²) in [6, 6.07) is 2.96. The summed E-state index contributed by atoms with van der Waals surface area (Å²) < 4.78 is 5.28. The SMILES string of the molecule is O=C(N[C@H]1CCO[C@H](CO)[C@H]1O)C1CCN(C(=O)c2ccncc2)CC1.O=CO.